The third-order valence-corrected chi connectivity index (χ3v) is 5.08. The van der Waals surface area contributed by atoms with E-state index >= 15 is 0 Å². The fourth-order valence-corrected chi connectivity index (χ4v) is 3.62. The minimum Gasteiger partial charge on any atom is -0.324 e. The Morgan fingerprint density at radius 2 is 2.08 bits per heavy atom. The normalized spacial score (nSPS) is 18.2. The van der Waals surface area contributed by atoms with Gasteiger partial charge in [0, 0.05) is 30.1 Å². The number of nitrogens with two attached hydrogens (primary N) is 1. The summed E-state index contributed by atoms with van der Waals surface area (Å²) >= 11 is 0. The maximum absolute atomic E-state index is 12.9. The van der Waals surface area contributed by atoms with Gasteiger partial charge in [0.2, 0.25) is 5.91 Å². The molecule has 3 nitrogen and oxygen atoms in total. The van der Waals surface area contributed by atoms with Gasteiger partial charge in [-0.3, -0.25) is 4.79 Å². The molecule has 1 unspecified atom stereocenters. The van der Waals surface area contributed by atoms with Gasteiger partial charge in [-0.15, -0.1) is 0 Å². The van der Waals surface area contributed by atoms with Crippen LogP contribution in [0.3, 0.4) is 0 Å². The minimum atomic E-state index is -0.163. The first-order valence-electron chi connectivity index (χ1n) is 9.39. The number of anilines is 1. The van der Waals surface area contributed by atoms with E-state index in [0.717, 1.165) is 23.2 Å². The van der Waals surface area contributed by atoms with Gasteiger partial charge in [-0.1, -0.05) is 63.3 Å². The number of nitrogens with zero attached hydrogens (tertiary/aromatic N) is 1. The van der Waals surface area contributed by atoms with E-state index in [0.29, 0.717) is 13.0 Å². The lowest BCUT2D eigenvalue weighted by Crippen LogP contribution is -2.43. The Labute approximate surface area is 158 Å². The van der Waals surface area contributed by atoms with Crippen molar-refractivity contribution in [3.05, 3.63) is 65.3 Å². The van der Waals surface area contributed by atoms with Gasteiger partial charge >= 0.3 is 0 Å². The number of fused-ring (bicyclic) bond motifs is 1. The van der Waals surface area contributed by atoms with Crippen LogP contribution in [0.25, 0.3) is 0 Å². The molecule has 2 N–H and O–H groups in total. The first-order chi connectivity index (χ1) is 12.2. The van der Waals surface area contributed by atoms with Gasteiger partial charge in [0.25, 0.3) is 0 Å². The summed E-state index contributed by atoms with van der Waals surface area (Å²) in [4.78, 5) is 14.8. The summed E-state index contributed by atoms with van der Waals surface area (Å²) < 4.78 is 0. The van der Waals surface area contributed by atoms with Gasteiger partial charge in [-0.05, 0) is 43.0 Å². The molecule has 1 aliphatic rings. The van der Waals surface area contributed by atoms with Crippen LogP contribution in [-0.4, -0.2) is 12.5 Å². The zero-order valence-corrected chi connectivity index (χ0v) is 16.8. The Balaban J connectivity index is 2.54. The number of carbonyl (C=O) groups excluding carboxylic acids is 1. The second kappa shape index (κ2) is 8.05. The molecule has 0 aromatic heterocycles. The SMILES string of the molecule is C=CC=CC=C(C)CN1C(=O)CC(C)(C)c2cc(CC)c(C(C)N)cc21. The molecule has 0 bridgehead atoms. The molecular formula is C23H32N2O. The summed E-state index contributed by atoms with van der Waals surface area (Å²) in [6.07, 6.45) is 9.08. The number of hydrogen-bond donors (Lipinski definition) is 1. The molecule has 0 radical (unpaired) electrons. The molecular weight excluding hydrogens is 320 g/mol. The third-order valence-electron chi connectivity index (χ3n) is 5.08. The van der Waals surface area contributed by atoms with Gasteiger partial charge < -0.3 is 10.6 Å². The van der Waals surface area contributed by atoms with Crippen molar-refractivity contribution in [2.24, 2.45) is 5.73 Å². The van der Waals surface area contributed by atoms with Crippen LogP contribution in [0.2, 0.25) is 0 Å². The quantitative estimate of drug-likeness (QED) is 0.735. The standard InChI is InChI=1S/C23H32N2O/c1-7-9-10-11-16(3)15-25-21-13-19(17(4)24)18(8-2)12-20(21)23(5,6)14-22(25)26/h7,9-13,17H,1,8,14-15,24H2,2-6H3. The molecule has 1 aliphatic heterocycles. The second-order valence-corrected chi connectivity index (χ2v) is 7.88. The highest BCUT2D eigenvalue weighted by atomic mass is 16.2. The van der Waals surface area contributed by atoms with Crippen molar-refractivity contribution in [1.82, 2.24) is 0 Å². The van der Waals surface area contributed by atoms with Crippen molar-refractivity contribution in [1.29, 1.82) is 0 Å². The summed E-state index contributed by atoms with van der Waals surface area (Å²) in [5.41, 5.74) is 11.9. The van der Waals surface area contributed by atoms with Crippen molar-refractivity contribution in [2.45, 2.75) is 58.9 Å². The van der Waals surface area contributed by atoms with Crippen LogP contribution in [0.15, 0.2) is 48.6 Å². The zero-order valence-electron chi connectivity index (χ0n) is 16.8. The summed E-state index contributed by atoms with van der Waals surface area (Å²) in [5.74, 6) is 0.169. The van der Waals surface area contributed by atoms with E-state index in [1.807, 2.05) is 37.0 Å². The molecule has 0 saturated heterocycles. The topological polar surface area (TPSA) is 46.3 Å². The van der Waals surface area contributed by atoms with Crippen LogP contribution in [-0.2, 0) is 16.6 Å². The van der Waals surface area contributed by atoms with E-state index in [4.69, 9.17) is 5.73 Å². The van der Waals surface area contributed by atoms with Gasteiger partial charge in [-0.25, -0.2) is 0 Å². The molecule has 1 aromatic carbocycles. The average molecular weight is 353 g/mol. The molecule has 0 fully saturated rings. The second-order valence-electron chi connectivity index (χ2n) is 7.88. The Bertz CT molecular complexity index is 754. The monoisotopic (exact) mass is 352 g/mol. The highest BCUT2D eigenvalue weighted by molar-refractivity contribution is 5.98. The maximum atomic E-state index is 12.9. The number of aryl methyl sites for hydroxylation is 1. The molecule has 0 spiro atoms. The summed E-state index contributed by atoms with van der Waals surface area (Å²) in [6, 6.07) is 4.36. The number of amides is 1. The van der Waals surface area contributed by atoms with Crippen molar-refractivity contribution in [3.8, 4) is 0 Å². The smallest absolute Gasteiger partial charge is 0.228 e. The van der Waals surface area contributed by atoms with Gasteiger partial charge in [0.1, 0.15) is 0 Å². The first-order valence-corrected chi connectivity index (χ1v) is 9.39. The predicted octanol–water partition coefficient (Wildman–Crippen LogP) is 4.97. The molecule has 0 aliphatic carbocycles. The van der Waals surface area contributed by atoms with E-state index in [2.05, 4.69) is 39.5 Å². The van der Waals surface area contributed by atoms with Gasteiger partial charge in [0.05, 0.1) is 0 Å². The van der Waals surface area contributed by atoms with Gasteiger partial charge in [0.15, 0.2) is 0 Å². The number of carbonyl (C=O) groups is 1. The Hall–Kier alpha value is -2.13. The van der Waals surface area contributed by atoms with Gasteiger partial charge in [-0.2, -0.15) is 0 Å². The van der Waals surface area contributed by atoms with Crippen molar-refractivity contribution in [2.75, 3.05) is 11.4 Å². The Morgan fingerprint density at radius 3 is 2.65 bits per heavy atom. The van der Waals surface area contributed by atoms with Crippen LogP contribution in [0.1, 0.15) is 63.8 Å². The summed E-state index contributed by atoms with van der Waals surface area (Å²) in [5, 5.41) is 0. The lowest BCUT2D eigenvalue weighted by atomic mass is 9.75. The number of hydrogen-bond acceptors (Lipinski definition) is 2. The minimum absolute atomic E-state index is 0.0515. The van der Waals surface area contributed by atoms with Crippen LogP contribution >= 0.6 is 0 Å². The average Bonchev–Trinajstić information content (AvgIpc) is 2.57. The highest BCUT2D eigenvalue weighted by Gasteiger charge is 2.37. The van der Waals surface area contributed by atoms with Crippen LogP contribution in [0, 0.1) is 0 Å². The van der Waals surface area contributed by atoms with E-state index in [-0.39, 0.29) is 17.4 Å². The number of rotatable bonds is 6. The molecule has 140 valence electrons. The van der Waals surface area contributed by atoms with E-state index < -0.39 is 0 Å². The number of allylic oxidation sites excluding steroid dienone is 4. The largest absolute Gasteiger partial charge is 0.324 e. The van der Waals surface area contributed by atoms with Crippen LogP contribution < -0.4 is 10.6 Å². The van der Waals surface area contributed by atoms with Crippen LogP contribution in [0.5, 0.6) is 0 Å². The Kier molecular flexibility index (Phi) is 6.25. The fraction of sp³-hybridized carbons (Fsp3) is 0.435. The lowest BCUT2D eigenvalue weighted by molar-refractivity contribution is -0.120. The molecule has 1 heterocycles. The van der Waals surface area contributed by atoms with Crippen molar-refractivity contribution < 1.29 is 4.79 Å². The molecule has 3 heteroatoms. The van der Waals surface area contributed by atoms with Crippen molar-refractivity contribution in [3.63, 3.8) is 0 Å². The fourth-order valence-electron chi connectivity index (χ4n) is 3.62. The Morgan fingerprint density at radius 1 is 1.38 bits per heavy atom. The highest BCUT2D eigenvalue weighted by Crippen LogP contribution is 2.42. The molecule has 2 rings (SSSR count). The maximum Gasteiger partial charge on any atom is 0.228 e. The lowest BCUT2D eigenvalue weighted by Gasteiger charge is -2.40. The summed E-state index contributed by atoms with van der Waals surface area (Å²) in [7, 11) is 0. The third kappa shape index (κ3) is 4.16. The molecule has 1 atom stereocenters. The summed E-state index contributed by atoms with van der Waals surface area (Å²) in [6.45, 7) is 14.8. The van der Waals surface area contributed by atoms with E-state index in [1.54, 1.807) is 6.08 Å². The van der Waals surface area contributed by atoms with Crippen LogP contribution in [0.4, 0.5) is 5.69 Å². The number of benzene rings is 1. The molecule has 1 amide bonds. The predicted molar refractivity (Wildman–Crippen MR) is 112 cm³/mol. The first kappa shape index (κ1) is 20.2. The van der Waals surface area contributed by atoms with E-state index in [1.165, 1.54) is 11.1 Å². The van der Waals surface area contributed by atoms with Crippen molar-refractivity contribution >= 4 is 11.6 Å². The molecule has 1 aromatic rings. The zero-order chi connectivity index (χ0) is 19.5. The molecule has 26 heavy (non-hydrogen) atoms. The van der Waals surface area contributed by atoms with E-state index in [9.17, 15) is 4.79 Å². The molecule has 0 saturated carbocycles.